The maximum Gasteiger partial charge on any atom is 0.335 e. The van der Waals surface area contributed by atoms with Crippen LogP contribution in [-0.4, -0.2) is 41.4 Å². The van der Waals surface area contributed by atoms with Crippen LogP contribution in [0.1, 0.15) is 16.8 Å². The highest BCUT2D eigenvalue weighted by Gasteiger charge is 2.32. The Bertz CT molecular complexity index is 588. The Labute approximate surface area is 120 Å². The number of hydrogen-bond acceptors (Lipinski definition) is 3. The number of carboxylic acid groups (broad SMARTS) is 1. The van der Waals surface area contributed by atoms with E-state index in [0.717, 1.165) is 0 Å². The summed E-state index contributed by atoms with van der Waals surface area (Å²) < 4.78 is 0. The Morgan fingerprint density at radius 3 is 2.65 bits per heavy atom. The molecule has 20 heavy (non-hydrogen) atoms. The number of carbonyl (C=O) groups is 3. The van der Waals surface area contributed by atoms with Gasteiger partial charge < -0.3 is 15.3 Å². The van der Waals surface area contributed by atoms with Crippen LogP contribution >= 0.6 is 11.6 Å². The van der Waals surface area contributed by atoms with Crippen LogP contribution in [-0.2, 0) is 9.59 Å². The first-order valence-electron chi connectivity index (χ1n) is 5.96. The van der Waals surface area contributed by atoms with E-state index in [2.05, 4.69) is 5.32 Å². The SMILES string of the molecule is CN1CC(C(=O)Nc2ccc(C(=O)O)cc2Cl)CC1=O. The van der Waals surface area contributed by atoms with Crippen LogP contribution in [0.25, 0.3) is 0 Å². The van der Waals surface area contributed by atoms with Crippen LogP contribution in [0.5, 0.6) is 0 Å². The molecular weight excluding hydrogens is 284 g/mol. The lowest BCUT2D eigenvalue weighted by Gasteiger charge is -2.12. The van der Waals surface area contributed by atoms with Crippen LogP contribution < -0.4 is 5.32 Å². The van der Waals surface area contributed by atoms with Crippen molar-refractivity contribution in [2.45, 2.75) is 6.42 Å². The molecule has 1 aromatic rings. The minimum Gasteiger partial charge on any atom is -0.478 e. The summed E-state index contributed by atoms with van der Waals surface area (Å²) in [7, 11) is 1.64. The smallest absolute Gasteiger partial charge is 0.335 e. The third-order valence-corrected chi connectivity index (χ3v) is 3.50. The Hall–Kier alpha value is -2.08. The fourth-order valence-corrected chi connectivity index (χ4v) is 2.25. The summed E-state index contributed by atoms with van der Waals surface area (Å²) in [5.74, 6) is -1.87. The first-order chi connectivity index (χ1) is 9.38. The zero-order chi connectivity index (χ0) is 14.9. The normalized spacial score (nSPS) is 18.2. The third kappa shape index (κ3) is 2.91. The van der Waals surface area contributed by atoms with Gasteiger partial charge in [-0.2, -0.15) is 0 Å². The van der Waals surface area contributed by atoms with Crippen LogP contribution in [0.4, 0.5) is 5.69 Å². The molecular formula is C13H13ClN2O4. The van der Waals surface area contributed by atoms with Crippen molar-refractivity contribution in [2.75, 3.05) is 18.9 Å². The molecule has 7 heteroatoms. The van der Waals surface area contributed by atoms with E-state index in [9.17, 15) is 14.4 Å². The van der Waals surface area contributed by atoms with E-state index in [4.69, 9.17) is 16.7 Å². The van der Waals surface area contributed by atoms with Crippen molar-refractivity contribution in [2.24, 2.45) is 5.92 Å². The minimum atomic E-state index is -1.09. The van der Waals surface area contributed by atoms with E-state index in [-0.39, 0.29) is 28.8 Å². The molecule has 0 saturated carbocycles. The highest BCUT2D eigenvalue weighted by atomic mass is 35.5. The molecule has 1 aliphatic heterocycles. The van der Waals surface area contributed by atoms with Crippen molar-refractivity contribution in [3.05, 3.63) is 28.8 Å². The van der Waals surface area contributed by atoms with Crippen LogP contribution in [0, 0.1) is 5.92 Å². The first kappa shape index (κ1) is 14.3. The molecule has 1 atom stereocenters. The van der Waals surface area contributed by atoms with Gasteiger partial charge in [0, 0.05) is 20.0 Å². The predicted molar refractivity (Wildman–Crippen MR) is 72.8 cm³/mol. The Morgan fingerprint density at radius 1 is 1.45 bits per heavy atom. The summed E-state index contributed by atoms with van der Waals surface area (Å²) in [5.41, 5.74) is 0.382. The van der Waals surface area contributed by atoms with Gasteiger partial charge in [-0.3, -0.25) is 9.59 Å². The summed E-state index contributed by atoms with van der Waals surface area (Å²) >= 11 is 5.93. The summed E-state index contributed by atoms with van der Waals surface area (Å²) in [5, 5.41) is 11.6. The standard InChI is InChI=1S/C13H13ClN2O4/c1-16-6-8(5-11(16)17)12(18)15-10-3-2-7(13(19)20)4-9(10)14/h2-4,8H,5-6H2,1H3,(H,15,18)(H,19,20). The van der Waals surface area contributed by atoms with E-state index < -0.39 is 11.9 Å². The van der Waals surface area contributed by atoms with Gasteiger partial charge in [0.05, 0.1) is 22.2 Å². The number of halogens is 1. The number of aromatic carboxylic acids is 1. The van der Waals surface area contributed by atoms with Crippen molar-refractivity contribution in [3.63, 3.8) is 0 Å². The molecule has 1 fully saturated rings. The van der Waals surface area contributed by atoms with Crippen molar-refractivity contribution in [1.82, 2.24) is 4.90 Å². The molecule has 1 unspecified atom stereocenters. The number of benzene rings is 1. The van der Waals surface area contributed by atoms with Crippen molar-refractivity contribution >= 4 is 35.1 Å². The second-order valence-corrected chi connectivity index (χ2v) is 5.07. The molecule has 0 radical (unpaired) electrons. The molecule has 0 bridgehead atoms. The molecule has 1 saturated heterocycles. The van der Waals surface area contributed by atoms with Gasteiger partial charge in [-0.15, -0.1) is 0 Å². The largest absolute Gasteiger partial charge is 0.478 e. The van der Waals surface area contributed by atoms with Gasteiger partial charge in [-0.05, 0) is 18.2 Å². The van der Waals surface area contributed by atoms with Crippen molar-refractivity contribution < 1.29 is 19.5 Å². The molecule has 2 amide bonds. The Balaban J connectivity index is 2.09. The van der Waals surface area contributed by atoms with E-state index >= 15 is 0 Å². The predicted octanol–water partition coefficient (Wildman–Crippen LogP) is 1.45. The average molecular weight is 297 g/mol. The molecule has 1 aliphatic rings. The van der Waals surface area contributed by atoms with E-state index in [1.54, 1.807) is 7.05 Å². The molecule has 1 heterocycles. The zero-order valence-corrected chi connectivity index (χ0v) is 11.5. The van der Waals surface area contributed by atoms with E-state index in [1.807, 2.05) is 0 Å². The number of carbonyl (C=O) groups excluding carboxylic acids is 2. The van der Waals surface area contributed by atoms with Gasteiger partial charge in [-0.25, -0.2) is 4.79 Å². The van der Waals surface area contributed by atoms with Crippen LogP contribution in [0.2, 0.25) is 5.02 Å². The maximum absolute atomic E-state index is 12.0. The number of nitrogens with zero attached hydrogens (tertiary/aromatic N) is 1. The fourth-order valence-electron chi connectivity index (χ4n) is 2.02. The van der Waals surface area contributed by atoms with Gasteiger partial charge >= 0.3 is 5.97 Å². The quantitative estimate of drug-likeness (QED) is 0.884. The average Bonchev–Trinajstić information content (AvgIpc) is 2.72. The number of rotatable bonds is 3. The fraction of sp³-hybridized carbons (Fsp3) is 0.308. The monoisotopic (exact) mass is 296 g/mol. The summed E-state index contributed by atoms with van der Waals surface area (Å²) in [4.78, 5) is 35.7. The van der Waals surface area contributed by atoms with Crippen molar-refractivity contribution in [3.8, 4) is 0 Å². The summed E-state index contributed by atoms with van der Waals surface area (Å²) in [6, 6.07) is 4.06. The second kappa shape index (κ2) is 5.50. The minimum absolute atomic E-state index is 0.0452. The lowest BCUT2D eigenvalue weighted by Crippen LogP contribution is -2.25. The van der Waals surface area contributed by atoms with E-state index in [1.165, 1.54) is 23.1 Å². The molecule has 106 valence electrons. The molecule has 6 nitrogen and oxygen atoms in total. The van der Waals surface area contributed by atoms with E-state index in [0.29, 0.717) is 12.2 Å². The van der Waals surface area contributed by atoms with Crippen molar-refractivity contribution in [1.29, 1.82) is 0 Å². The van der Waals surface area contributed by atoms with Gasteiger partial charge in [0.25, 0.3) is 0 Å². The lowest BCUT2D eigenvalue weighted by atomic mass is 10.1. The number of amides is 2. The molecule has 0 aliphatic carbocycles. The molecule has 0 aromatic heterocycles. The molecule has 1 aromatic carbocycles. The van der Waals surface area contributed by atoms with Gasteiger partial charge in [0.2, 0.25) is 11.8 Å². The Morgan fingerprint density at radius 2 is 2.15 bits per heavy atom. The highest BCUT2D eigenvalue weighted by Crippen LogP contribution is 2.25. The number of likely N-dealkylation sites (tertiary alicyclic amines) is 1. The van der Waals surface area contributed by atoms with Gasteiger partial charge in [-0.1, -0.05) is 11.6 Å². The van der Waals surface area contributed by atoms with Crippen LogP contribution in [0.3, 0.4) is 0 Å². The highest BCUT2D eigenvalue weighted by molar-refractivity contribution is 6.34. The topological polar surface area (TPSA) is 86.7 Å². The molecule has 0 spiro atoms. The summed E-state index contributed by atoms with van der Waals surface area (Å²) in [6.07, 6.45) is 0.174. The Kier molecular flexibility index (Phi) is 3.94. The maximum atomic E-state index is 12.0. The molecule has 2 rings (SSSR count). The number of hydrogen-bond donors (Lipinski definition) is 2. The number of carboxylic acids is 1. The third-order valence-electron chi connectivity index (χ3n) is 3.19. The van der Waals surface area contributed by atoms with Crippen LogP contribution in [0.15, 0.2) is 18.2 Å². The first-order valence-corrected chi connectivity index (χ1v) is 6.34. The van der Waals surface area contributed by atoms with Gasteiger partial charge in [0.1, 0.15) is 0 Å². The zero-order valence-electron chi connectivity index (χ0n) is 10.7. The summed E-state index contributed by atoms with van der Waals surface area (Å²) in [6.45, 7) is 0.371. The number of anilines is 1. The lowest BCUT2D eigenvalue weighted by molar-refractivity contribution is -0.127. The second-order valence-electron chi connectivity index (χ2n) is 4.66. The van der Waals surface area contributed by atoms with Gasteiger partial charge in [0.15, 0.2) is 0 Å². The number of nitrogens with one attached hydrogen (secondary N) is 1. The molecule has 2 N–H and O–H groups in total.